The number of hydrogen-bond acceptors (Lipinski definition) is 2. The molecule has 0 amide bonds. The molecular weight excluding hydrogens is 278 g/mol. The monoisotopic (exact) mass is 287 g/mol. The molecule has 0 aliphatic carbocycles. The van der Waals surface area contributed by atoms with Crippen molar-refractivity contribution in [1.82, 2.24) is 0 Å². The fourth-order valence-corrected chi connectivity index (χ4v) is 2.16. The molecule has 1 atom stereocenters. The van der Waals surface area contributed by atoms with E-state index in [1.165, 1.54) is 0 Å². The summed E-state index contributed by atoms with van der Waals surface area (Å²) in [7, 11) is 0. The van der Waals surface area contributed by atoms with E-state index in [2.05, 4.69) is 22.0 Å². The molecule has 1 unspecified atom stereocenters. The molecule has 0 aliphatic heterocycles. The van der Waals surface area contributed by atoms with Crippen LogP contribution in [0.4, 0.5) is 0 Å². The van der Waals surface area contributed by atoms with E-state index in [0.29, 0.717) is 5.56 Å². The van der Waals surface area contributed by atoms with Crippen molar-refractivity contribution < 1.29 is 5.11 Å². The molecule has 0 aromatic heterocycles. The summed E-state index contributed by atoms with van der Waals surface area (Å²) >= 11 is 3.40. The van der Waals surface area contributed by atoms with Gasteiger partial charge in [-0.15, -0.1) is 0 Å². The summed E-state index contributed by atoms with van der Waals surface area (Å²) in [6.07, 6.45) is -0.723. The highest BCUT2D eigenvalue weighted by Crippen LogP contribution is 2.28. The minimum atomic E-state index is -0.723. The minimum absolute atomic E-state index is 0.550. The molecule has 1 N–H and O–H groups in total. The first-order valence-corrected chi connectivity index (χ1v) is 5.94. The highest BCUT2D eigenvalue weighted by molar-refractivity contribution is 9.10. The third-order valence-corrected chi connectivity index (χ3v) is 3.25. The summed E-state index contributed by atoms with van der Waals surface area (Å²) in [4.78, 5) is 0. The predicted octanol–water partition coefficient (Wildman–Crippen LogP) is 3.40. The average Bonchev–Trinajstić information content (AvgIpc) is 2.38. The van der Waals surface area contributed by atoms with Crippen molar-refractivity contribution in [2.24, 2.45) is 0 Å². The molecule has 84 valence electrons. The topological polar surface area (TPSA) is 44.0 Å². The summed E-state index contributed by atoms with van der Waals surface area (Å²) < 4.78 is 0.856. The van der Waals surface area contributed by atoms with Crippen LogP contribution in [0.1, 0.15) is 22.8 Å². The Morgan fingerprint density at radius 2 is 1.88 bits per heavy atom. The molecule has 0 spiro atoms. The zero-order valence-electron chi connectivity index (χ0n) is 8.97. The van der Waals surface area contributed by atoms with Gasteiger partial charge in [-0.25, -0.2) is 0 Å². The summed E-state index contributed by atoms with van der Waals surface area (Å²) in [6.45, 7) is 0. The van der Waals surface area contributed by atoms with Gasteiger partial charge in [-0.05, 0) is 29.3 Å². The first-order chi connectivity index (χ1) is 8.22. The van der Waals surface area contributed by atoms with Crippen molar-refractivity contribution in [2.75, 3.05) is 0 Å². The van der Waals surface area contributed by atoms with Crippen molar-refractivity contribution in [3.63, 3.8) is 0 Å². The first-order valence-electron chi connectivity index (χ1n) is 5.15. The second-order valence-corrected chi connectivity index (χ2v) is 4.52. The van der Waals surface area contributed by atoms with Crippen LogP contribution >= 0.6 is 15.9 Å². The highest BCUT2D eigenvalue weighted by Gasteiger charge is 2.13. The Bertz CT molecular complexity index is 574. The standard InChI is InChI=1S/C14H10BrNO/c15-13-7-2-1-6-12(13)14(17)11-5-3-4-10(8-11)9-16/h1-8,14,17H. The molecule has 0 aliphatic rings. The lowest BCUT2D eigenvalue weighted by molar-refractivity contribution is 0.219. The van der Waals surface area contributed by atoms with Gasteiger partial charge < -0.3 is 5.11 Å². The molecule has 2 aromatic carbocycles. The van der Waals surface area contributed by atoms with E-state index in [1.54, 1.807) is 18.2 Å². The first kappa shape index (κ1) is 11.8. The van der Waals surface area contributed by atoms with Crippen molar-refractivity contribution in [3.8, 4) is 6.07 Å². The lowest BCUT2D eigenvalue weighted by Gasteiger charge is -2.13. The largest absolute Gasteiger partial charge is 0.384 e. The Morgan fingerprint density at radius 1 is 1.12 bits per heavy atom. The lowest BCUT2D eigenvalue weighted by Crippen LogP contribution is -2.00. The number of benzene rings is 2. The molecule has 0 bridgehead atoms. The van der Waals surface area contributed by atoms with Crippen LogP contribution in [0.15, 0.2) is 53.0 Å². The second kappa shape index (κ2) is 5.13. The van der Waals surface area contributed by atoms with Gasteiger partial charge in [0.1, 0.15) is 6.10 Å². The molecule has 0 fully saturated rings. The molecule has 0 saturated heterocycles. The summed E-state index contributed by atoms with van der Waals surface area (Å²) in [5.74, 6) is 0. The predicted molar refractivity (Wildman–Crippen MR) is 69.4 cm³/mol. The van der Waals surface area contributed by atoms with Crippen molar-refractivity contribution >= 4 is 15.9 Å². The van der Waals surface area contributed by atoms with Crippen molar-refractivity contribution in [1.29, 1.82) is 5.26 Å². The summed E-state index contributed by atoms with van der Waals surface area (Å²) in [5, 5.41) is 19.1. The van der Waals surface area contributed by atoms with Gasteiger partial charge in [0.25, 0.3) is 0 Å². The number of nitrogens with zero attached hydrogens (tertiary/aromatic N) is 1. The van der Waals surface area contributed by atoms with Gasteiger partial charge >= 0.3 is 0 Å². The maximum Gasteiger partial charge on any atom is 0.105 e. The van der Waals surface area contributed by atoms with Gasteiger partial charge in [0.05, 0.1) is 11.6 Å². The molecule has 17 heavy (non-hydrogen) atoms. The number of aliphatic hydroxyl groups excluding tert-OH is 1. The molecule has 2 nitrogen and oxygen atoms in total. The van der Waals surface area contributed by atoms with Gasteiger partial charge in [0.15, 0.2) is 0 Å². The number of aliphatic hydroxyl groups is 1. The average molecular weight is 288 g/mol. The molecule has 3 heteroatoms. The fourth-order valence-electron chi connectivity index (χ4n) is 1.65. The van der Waals surface area contributed by atoms with Crippen LogP contribution in [-0.4, -0.2) is 5.11 Å². The van der Waals surface area contributed by atoms with Crippen molar-refractivity contribution in [3.05, 3.63) is 69.7 Å². The second-order valence-electron chi connectivity index (χ2n) is 3.66. The van der Waals surface area contributed by atoms with Crippen LogP contribution in [-0.2, 0) is 0 Å². The Morgan fingerprint density at radius 3 is 2.59 bits per heavy atom. The van der Waals surface area contributed by atoms with E-state index in [1.807, 2.05) is 30.3 Å². The molecule has 0 saturated carbocycles. The van der Waals surface area contributed by atoms with Crippen LogP contribution in [0.25, 0.3) is 0 Å². The summed E-state index contributed by atoms with van der Waals surface area (Å²) in [6, 6.07) is 16.6. The van der Waals surface area contributed by atoms with E-state index in [4.69, 9.17) is 5.26 Å². The Kier molecular flexibility index (Phi) is 3.58. The SMILES string of the molecule is N#Cc1cccc(C(O)c2ccccc2Br)c1. The van der Waals surface area contributed by atoms with Crippen LogP contribution in [0, 0.1) is 11.3 Å². The molecule has 2 rings (SSSR count). The van der Waals surface area contributed by atoms with Gasteiger partial charge in [-0.1, -0.05) is 46.3 Å². The van der Waals surface area contributed by atoms with E-state index in [0.717, 1.165) is 15.6 Å². The van der Waals surface area contributed by atoms with E-state index >= 15 is 0 Å². The highest BCUT2D eigenvalue weighted by atomic mass is 79.9. The number of halogens is 1. The van der Waals surface area contributed by atoms with E-state index < -0.39 is 6.10 Å². The summed E-state index contributed by atoms with van der Waals surface area (Å²) in [5.41, 5.74) is 2.06. The Hall–Kier alpha value is -1.63. The zero-order chi connectivity index (χ0) is 12.3. The maximum atomic E-state index is 10.3. The Labute approximate surface area is 108 Å². The molecule has 0 radical (unpaired) electrons. The Balaban J connectivity index is 2.41. The van der Waals surface area contributed by atoms with Gasteiger partial charge in [0.2, 0.25) is 0 Å². The smallest absolute Gasteiger partial charge is 0.105 e. The van der Waals surface area contributed by atoms with E-state index in [9.17, 15) is 5.11 Å². The number of nitriles is 1. The van der Waals surface area contributed by atoms with Gasteiger partial charge in [-0.3, -0.25) is 0 Å². The van der Waals surface area contributed by atoms with Crippen LogP contribution < -0.4 is 0 Å². The third-order valence-electron chi connectivity index (χ3n) is 2.53. The quantitative estimate of drug-likeness (QED) is 0.920. The molecular formula is C14H10BrNO. The van der Waals surface area contributed by atoms with Crippen molar-refractivity contribution in [2.45, 2.75) is 6.10 Å². The molecule has 2 aromatic rings. The molecule has 0 heterocycles. The van der Waals surface area contributed by atoms with Gasteiger partial charge in [0, 0.05) is 4.47 Å². The van der Waals surface area contributed by atoms with Crippen LogP contribution in [0.3, 0.4) is 0 Å². The zero-order valence-corrected chi connectivity index (χ0v) is 10.6. The maximum absolute atomic E-state index is 10.3. The van der Waals surface area contributed by atoms with Gasteiger partial charge in [-0.2, -0.15) is 5.26 Å². The number of rotatable bonds is 2. The fraction of sp³-hybridized carbons (Fsp3) is 0.0714. The minimum Gasteiger partial charge on any atom is -0.384 e. The van der Waals surface area contributed by atoms with Crippen LogP contribution in [0.2, 0.25) is 0 Å². The number of hydrogen-bond donors (Lipinski definition) is 1. The normalized spacial score (nSPS) is 11.8. The van der Waals surface area contributed by atoms with Crippen LogP contribution in [0.5, 0.6) is 0 Å². The van der Waals surface area contributed by atoms with E-state index in [-0.39, 0.29) is 0 Å². The lowest BCUT2D eigenvalue weighted by atomic mass is 10.0. The third kappa shape index (κ3) is 2.55.